The molecule has 3 fully saturated rings. The average molecular weight is 372 g/mol. The van der Waals surface area contributed by atoms with E-state index < -0.39 is 15.4 Å². The van der Waals surface area contributed by atoms with Crippen molar-refractivity contribution in [2.45, 2.75) is 31.4 Å². The van der Waals surface area contributed by atoms with Gasteiger partial charge in [0.1, 0.15) is 0 Å². The molecule has 8 nitrogen and oxygen atoms in total. The molecule has 1 saturated carbocycles. The van der Waals surface area contributed by atoms with Crippen molar-refractivity contribution in [1.29, 1.82) is 0 Å². The Balaban J connectivity index is 1.90. The molecule has 25 heavy (non-hydrogen) atoms. The van der Waals surface area contributed by atoms with Gasteiger partial charge in [-0.05, 0) is 19.8 Å². The van der Waals surface area contributed by atoms with Gasteiger partial charge in [0.25, 0.3) is 0 Å². The van der Waals surface area contributed by atoms with E-state index in [0.29, 0.717) is 58.5 Å². The van der Waals surface area contributed by atoms with Crippen molar-refractivity contribution < 1.29 is 18.0 Å². The maximum Gasteiger partial charge on any atom is 0.319 e. The average Bonchev–Trinajstić information content (AvgIpc) is 3.35. The van der Waals surface area contributed by atoms with Crippen LogP contribution in [-0.2, 0) is 14.8 Å². The Kier molecular flexibility index (Phi) is 4.74. The highest BCUT2D eigenvalue weighted by Crippen LogP contribution is 2.38. The monoisotopic (exact) mass is 372 g/mol. The van der Waals surface area contributed by atoms with Crippen LogP contribution in [0.15, 0.2) is 0 Å². The molecule has 3 aliphatic rings. The maximum absolute atomic E-state index is 12.8. The van der Waals surface area contributed by atoms with Crippen LogP contribution in [0.3, 0.4) is 0 Å². The summed E-state index contributed by atoms with van der Waals surface area (Å²) in [7, 11) is 0.0477. The molecule has 0 aromatic carbocycles. The van der Waals surface area contributed by atoms with Crippen LogP contribution in [0.5, 0.6) is 0 Å². The van der Waals surface area contributed by atoms with Crippen LogP contribution in [0.2, 0.25) is 0 Å². The summed E-state index contributed by atoms with van der Waals surface area (Å²) in [6.07, 6.45) is 1.73. The third-order valence-corrected chi connectivity index (χ3v) is 7.75. The first kappa shape index (κ1) is 18.4. The first-order valence-electron chi connectivity index (χ1n) is 8.91. The van der Waals surface area contributed by atoms with Gasteiger partial charge >= 0.3 is 6.03 Å². The SMILES string of the molecule is CCN1C[C@]2(CC1=O)CN(C(=O)N(C)C)CCN(S(=O)(=O)C1CC1)C2. The Morgan fingerprint density at radius 2 is 1.88 bits per heavy atom. The smallest absolute Gasteiger partial charge is 0.319 e. The molecule has 142 valence electrons. The Hall–Kier alpha value is -1.35. The number of rotatable bonds is 3. The fourth-order valence-electron chi connectivity index (χ4n) is 3.94. The normalized spacial score (nSPS) is 28.5. The minimum absolute atomic E-state index is 0.0467. The summed E-state index contributed by atoms with van der Waals surface area (Å²) in [5, 5.41) is -0.278. The standard InChI is InChI=1S/C16H28N4O4S/c1-4-18-10-16(9-14(18)21)11-19(15(22)17(2)3)7-8-20(12-16)25(23,24)13-5-6-13/h13H,4-12H2,1-3H3/t16-/m1/s1. The number of amides is 3. The Labute approximate surface area is 149 Å². The number of hydrogen-bond donors (Lipinski definition) is 0. The zero-order valence-electron chi connectivity index (χ0n) is 15.3. The summed E-state index contributed by atoms with van der Waals surface area (Å²) < 4.78 is 27.1. The molecular formula is C16H28N4O4S. The van der Waals surface area contributed by atoms with E-state index in [9.17, 15) is 18.0 Å². The van der Waals surface area contributed by atoms with Crippen molar-refractivity contribution in [1.82, 2.24) is 19.0 Å². The second-order valence-electron chi connectivity index (χ2n) is 7.76. The summed E-state index contributed by atoms with van der Waals surface area (Å²) in [5.41, 5.74) is -0.517. The van der Waals surface area contributed by atoms with Gasteiger partial charge in [-0.3, -0.25) is 4.79 Å². The molecule has 3 amide bonds. The van der Waals surface area contributed by atoms with Gasteiger partial charge in [0.2, 0.25) is 15.9 Å². The van der Waals surface area contributed by atoms with Crippen LogP contribution in [-0.4, -0.2) is 98.0 Å². The molecule has 0 aromatic heterocycles. The van der Waals surface area contributed by atoms with E-state index in [4.69, 9.17) is 0 Å². The number of urea groups is 1. The third-order valence-electron chi connectivity index (χ3n) is 5.40. The predicted octanol–water partition coefficient (Wildman–Crippen LogP) is 0.0164. The van der Waals surface area contributed by atoms with Crippen LogP contribution in [0.1, 0.15) is 26.2 Å². The largest absolute Gasteiger partial charge is 0.342 e. The fraction of sp³-hybridized carbons (Fsp3) is 0.875. The third kappa shape index (κ3) is 3.48. The highest BCUT2D eigenvalue weighted by Gasteiger charge is 2.50. The highest BCUT2D eigenvalue weighted by atomic mass is 32.2. The number of carbonyl (C=O) groups is 2. The van der Waals surface area contributed by atoms with Gasteiger partial charge < -0.3 is 14.7 Å². The molecule has 9 heteroatoms. The van der Waals surface area contributed by atoms with Crippen molar-refractivity contribution in [2.24, 2.45) is 5.41 Å². The molecule has 3 rings (SSSR count). The van der Waals surface area contributed by atoms with Gasteiger partial charge in [0.05, 0.1) is 5.25 Å². The molecule has 2 aliphatic heterocycles. The number of likely N-dealkylation sites (tertiary alicyclic amines) is 1. The van der Waals surface area contributed by atoms with Crippen LogP contribution in [0, 0.1) is 5.41 Å². The van der Waals surface area contributed by atoms with E-state index in [1.165, 1.54) is 4.90 Å². The number of carbonyl (C=O) groups excluding carboxylic acids is 2. The van der Waals surface area contributed by atoms with Crippen molar-refractivity contribution in [3.05, 3.63) is 0 Å². The van der Waals surface area contributed by atoms with E-state index >= 15 is 0 Å². The summed E-state index contributed by atoms with van der Waals surface area (Å²) in [6.45, 7) is 4.46. The van der Waals surface area contributed by atoms with Crippen molar-refractivity contribution in [3.8, 4) is 0 Å². The van der Waals surface area contributed by atoms with Gasteiger partial charge in [0, 0.05) is 65.2 Å². The van der Waals surface area contributed by atoms with E-state index in [0.717, 1.165) is 0 Å². The van der Waals surface area contributed by atoms with Crippen molar-refractivity contribution in [3.63, 3.8) is 0 Å². The highest BCUT2D eigenvalue weighted by molar-refractivity contribution is 7.90. The van der Waals surface area contributed by atoms with Gasteiger partial charge in [-0.25, -0.2) is 13.2 Å². The molecule has 2 saturated heterocycles. The lowest BCUT2D eigenvalue weighted by molar-refractivity contribution is -0.127. The van der Waals surface area contributed by atoms with Crippen LogP contribution < -0.4 is 0 Å². The van der Waals surface area contributed by atoms with E-state index in [1.807, 2.05) is 6.92 Å². The zero-order valence-corrected chi connectivity index (χ0v) is 16.1. The summed E-state index contributed by atoms with van der Waals surface area (Å²) in [4.78, 5) is 29.8. The molecule has 1 aliphatic carbocycles. The molecular weight excluding hydrogens is 344 g/mol. The second-order valence-corrected chi connectivity index (χ2v) is 9.97. The van der Waals surface area contributed by atoms with Gasteiger partial charge in [-0.2, -0.15) is 4.31 Å². The van der Waals surface area contributed by atoms with Gasteiger partial charge in [-0.1, -0.05) is 0 Å². The Bertz CT molecular complexity index is 661. The maximum atomic E-state index is 12.8. The van der Waals surface area contributed by atoms with Crippen LogP contribution in [0.25, 0.3) is 0 Å². The molecule has 1 spiro atoms. The van der Waals surface area contributed by atoms with Gasteiger partial charge in [0.15, 0.2) is 0 Å². The molecule has 0 N–H and O–H groups in total. The molecule has 1 atom stereocenters. The van der Waals surface area contributed by atoms with Crippen molar-refractivity contribution >= 4 is 22.0 Å². The zero-order chi connectivity index (χ0) is 18.4. The second kappa shape index (κ2) is 6.42. The van der Waals surface area contributed by atoms with Crippen LogP contribution in [0.4, 0.5) is 4.79 Å². The van der Waals surface area contributed by atoms with Crippen molar-refractivity contribution in [2.75, 3.05) is 53.4 Å². The quantitative estimate of drug-likeness (QED) is 0.699. The van der Waals surface area contributed by atoms with E-state index in [-0.39, 0.29) is 17.2 Å². The van der Waals surface area contributed by atoms with Gasteiger partial charge in [-0.15, -0.1) is 0 Å². The lowest BCUT2D eigenvalue weighted by Gasteiger charge is -2.34. The van der Waals surface area contributed by atoms with E-state index in [1.54, 1.807) is 28.2 Å². The lowest BCUT2D eigenvalue weighted by Crippen LogP contribution is -2.47. The molecule has 0 bridgehead atoms. The van der Waals surface area contributed by atoms with E-state index in [2.05, 4.69) is 0 Å². The minimum atomic E-state index is -3.33. The number of sulfonamides is 1. The molecule has 0 aromatic rings. The topological polar surface area (TPSA) is 81.2 Å². The summed E-state index contributed by atoms with van der Waals surface area (Å²) in [6, 6.07) is -0.132. The molecule has 0 radical (unpaired) electrons. The lowest BCUT2D eigenvalue weighted by atomic mass is 9.86. The Morgan fingerprint density at radius 3 is 2.40 bits per heavy atom. The molecule has 2 heterocycles. The summed E-state index contributed by atoms with van der Waals surface area (Å²) >= 11 is 0. The molecule has 0 unspecified atom stereocenters. The summed E-state index contributed by atoms with van der Waals surface area (Å²) in [5.74, 6) is 0.0467. The Morgan fingerprint density at radius 1 is 1.20 bits per heavy atom. The van der Waals surface area contributed by atoms with Crippen LogP contribution >= 0.6 is 0 Å². The first-order chi connectivity index (χ1) is 11.7. The first-order valence-corrected chi connectivity index (χ1v) is 10.4. The fourth-order valence-corrected chi connectivity index (χ4v) is 5.88. The number of nitrogens with zero attached hydrogens (tertiary/aromatic N) is 4. The number of hydrogen-bond acceptors (Lipinski definition) is 4. The minimum Gasteiger partial charge on any atom is -0.342 e. The predicted molar refractivity (Wildman–Crippen MR) is 93.5 cm³/mol.